The average Bonchev–Trinajstić information content (AvgIpc) is 2.38. The van der Waals surface area contributed by atoms with Crippen molar-refractivity contribution in [3.05, 3.63) is 17.5 Å². The van der Waals surface area contributed by atoms with Gasteiger partial charge in [0.2, 0.25) is 0 Å². The minimum absolute atomic E-state index is 0.448. The molecule has 0 aliphatic heterocycles. The zero-order chi connectivity index (χ0) is 13.2. The predicted octanol–water partition coefficient (Wildman–Crippen LogP) is 4.26. The van der Waals surface area contributed by atoms with Gasteiger partial charge < -0.3 is 4.74 Å². The van der Waals surface area contributed by atoms with Crippen LogP contribution in [-0.2, 0) is 5.88 Å². The van der Waals surface area contributed by atoms with E-state index in [2.05, 4.69) is 16.9 Å². The molecule has 0 aliphatic carbocycles. The lowest BCUT2D eigenvalue weighted by Crippen LogP contribution is -2.03. The first kappa shape index (κ1) is 15.2. The largest absolute Gasteiger partial charge is 0.463 e. The van der Waals surface area contributed by atoms with Crippen molar-refractivity contribution in [3.63, 3.8) is 0 Å². The van der Waals surface area contributed by atoms with Gasteiger partial charge in [0, 0.05) is 17.5 Å². The van der Waals surface area contributed by atoms with E-state index in [-0.39, 0.29) is 0 Å². The van der Waals surface area contributed by atoms with Crippen LogP contribution < -0.4 is 4.74 Å². The third-order valence-electron chi connectivity index (χ3n) is 2.93. The standard InChI is InChI=1S/C14H23ClN2O/c1-3-4-5-6-7-8-9-18-14-16-11-13(10-15)12(2)17-14/h11H,3-10H2,1-2H3. The van der Waals surface area contributed by atoms with Gasteiger partial charge in [0.25, 0.3) is 0 Å². The summed E-state index contributed by atoms with van der Waals surface area (Å²) >= 11 is 5.75. The van der Waals surface area contributed by atoms with Crippen LogP contribution >= 0.6 is 11.6 Å². The topological polar surface area (TPSA) is 35.0 Å². The normalized spacial score (nSPS) is 10.6. The molecule has 0 radical (unpaired) electrons. The molecular weight excluding hydrogens is 248 g/mol. The second-order valence-corrected chi connectivity index (χ2v) is 4.78. The fourth-order valence-electron chi connectivity index (χ4n) is 1.72. The molecular formula is C14H23ClN2O. The number of alkyl halides is 1. The van der Waals surface area contributed by atoms with Crippen molar-refractivity contribution in [1.82, 2.24) is 9.97 Å². The van der Waals surface area contributed by atoms with Crippen LogP contribution in [0.3, 0.4) is 0 Å². The number of hydrogen-bond acceptors (Lipinski definition) is 3. The first-order valence-electron chi connectivity index (χ1n) is 6.79. The van der Waals surface area contributed by atoms with E-state index in [0.717, 1.165) is 17.7 Å². The molecule has 0 amide bonds. The Labute approximate surface area is 115 Å². The number of aryl methyl sites for hydroxylation is 1. The Bertz CT molecular complexity index is 345. The lowest BCUT2D eigenvalue weighted by atomic mass is 10.1. The molecule has 0 aromatic carbocycles. The number of nitrogens with zero attached hydrogens (tertiary/aromatic N) is 2. The van der Waals surface area contributed by atoms with E-state index in [1.807, 2.05) is 6.92 Å². The number of rotatable bonds is 9. The Hall–Kier alpha value is -0.830. The number of aromatic nitrogens is 2. The molecule has 0 saturated heterocycles. The van der Waals surface area contributed by atoms with E-state index in [1.54, 1.807) is 6.20 Å². The monoisotopic (exact) mass is 270 g/mol. The van der Waals surface area contributed by atoms with Crippen LogP contribution in [0.15, 0.2) is 6.20 Å². The van der Waals surface area contributed by atoms with Gasteiger partial charge in [-0.05, 0) is 13.3 Å². The van der Waals surface area contributed by atoms with Crippen LogP contribution in [0.5, 0.6) is 6.01 Å². The average molecular weight is 271 g/mol. The Morgan fingerprint density at radius 1 is 1.17 bits per heavy atom. The second-order valence-electron chi connectivity index (χ2n) is 4.51. The second kappa shape index (κ2) is 9.15. The molecule has 0 fully saturated rings. The molecule has 3 nitrogen and oxygen atoms in total. The maximum absolute atomic E-state index is 5.75. The van der Waals surface area contributed by atoms with E-state index < -0.39 is 0 Å². The molecule has 0 bridgehead atoms. The van der Waals surface area contributed by atoms with Gasteiger partial charge in [-0.2, -0.15) is 0 Å². The van der Waals surface area contributed by atoms with E-state index >= 15 is 0 Å². The van der Waals surface area contributed by atoms with Crippen molar-refractivity contribution in [2.45, 2.75) is 58.3 Å². The van der Waals surface area contributed by atoms with Gasteiger partial charge in [0.15, 0.2) is 0 Å². The Balaban J connectivity index is 2.17. The fourth-order valence-corrected chi connectivity index (χ4v) is 1.98. The lowest BCUT2D eigenvalue weighted by Gasteiger charge is -2.06. The first-order valence-corrected chi connectivity index (χ1v) is 7.32. The molecule has 0 N–H and O–H groups in total. The minimum atomic E-state index is 0.448. The van der Waals surface area contributed by atoms with Gasteiger partial charge in [0.05, 0.1) is 12.5 Å². The molecule has 102 valence electrons. The van der Waals surface area contributed by atoms with E-state index in [0.29, 0.717) is 18.5 Å². The smallest absolute Gasteiger partial charge is 0.316 e. The van der Waals surface area contributed by atoms with Crippen LogP contribution in [-0.4, -0.2) is 16.6 Å². The zero-order valence-electron chi connectivity index (χ0n) is 11.4. The maximum Gasteiger partial charge on any atom is 0.316 e. The first-order chi connectivity index (χ1) is 8.77. The Morgan fingerprint density at radius 2 is 1.89 bits per heavy atom. The lowest BCUT2D eigenvalue weighted by molar-refractivity contribution is 0.280. The van der Waals surface area contributed by atoms with Crippen molar-refractivity contribution >= 4 is 11.6 Å². The van der Waals surface area contributed by atoms with Crippen LogP contribution in [0.4, 0.5) is 0 Å². The summed E-state index contributed by atoms with van der Waals surface area (Å²) in [5.74, 6) is 0.448. The molecule has 0 atom stereocenters. The number of ether oxygens (including phenoxy) is 1. The van der Waals surface area contributed by atoms with E-state index in [4.69, 9.17) is 16.3 Å². The highest BCUT2D eigenvalue weighted by Crippen LogP contribution is 2.11. The molecule has 0 unspecified atom stereocenters. The van der Waals surface area contributed by atoms with Crippen molar-refractivity contribution in [2.75, 3.05) is 6.61 Å². The van der Waals surface area contributed by atoms with Crippen LogP contribution in [0.25, 0.3) is 0 Å². The van der Waals surface area contributed by atoms with E-state index in [9.17, 15) is 0 Å². The highest BCUT2D eigenvalue weighted by molar-refractivity contribution is 6.17. The third kappa shape index (κ3) is 5.67. The molecule has 1 aromatic rings. The van der Waals surface area contributed by atoms with Crippen molar-refractivity contribution in [1.29, 1.82) is 0 Å². The summed E-state index contributed by atoms with van der Waals surface area (Å²) in [5.41, 5.74) is 1.86. The molecule has 0 aliphatic rings. The zero-order valence-corrected chi connectivity index (χ0v) is 12.2. The summed E-state index contributed by atoms with van der Waals surface area (Å²) in [6.45, 7) is 4.86. The molecule has 1 rings (SSSR count). The summed E-state index contributed by atoms with van der Waals surface area (Å²) in [6, 6.07) is 0.468. The summed E-state index contributed by atoms with van der Waals surface area (Å²) in [6.07, 6.45) is 9.28. The minimum Gasteiger partial charge on any atom is -0.463 e. The molecule has 18 heavy (non-hydrogen) atoms. The molecule has 1 heterocycles. The van der Waals surface area contributed by atoms with Crippen LogP contribution in [0.1, 0.15) is 56.7 Å². The summed E-state index contributed by atoms with van der Waals surface area (Å²) < 4.78 is 5.53. The molecule has 0 saturated carbocycles. The maximum atomic E-state index is 5.75. The van der Waals surface area contributed by atoms with Crippen molar-refractivity contribution < 1.29 is 4.74 Å². The Kier molecular flexibility index (Phi) is 7.74. The van der Waals surface area contributed by atoms with Gasteiger partial charge in [-0.15, -0.1) is 11.6 Å². The SMILES string of the molecule is CCCCCCCCOc1ncc(CCl)c(C)n1. The number of unbranched alkanes of at least 4 members (excludes halogenated alkanes) is 5. The van der Waals surface area contributed by atoms with Crippen molar-refractivity contribution in [2.24, 2.45) is 0 Å². The van der Waals surface area contributed by atoms with Crippen LogP contribution in [0, 0.1) is 6.92 Å². The molecule has 1 aromatic heterocycles. The van der Waals surface area contributed by atoms with E-state index in [1.165, 1.54) is 32.1 Å². The van der Waals surface area contributed by atoms with Gasteiger partial charge in [-0.25, -0.2) is 9.97 Å². The Morgan fingerprint density at radius 3 is 2.56 bits per heavy atom. The quantitative estimate of drug-likeness (QED) is 0.497. The van der Waals surface area contributed by atoms with Gasteiger partial charge in [-0.1, -0.05) is 39.0 Å². The van der Waals surface area contributed by atoms with Gasteiger partial charge in [0.1, 0.15) is 0 Å². The van der Waals surface area contributed by atoms with Crippen LogP contribution in [0.2, 0.25) is 0 Å². The molecule has 4 heteroatoms. The predicted molar refractivity (Wildman–Crippen MR) is 75.2 cm³/mol. The fraction of sp³-hybridized carbons (Fsp3) is 0.714. The molecule has 0 spiro atoms. The van der Waals surface area contributed by atoms with Gasteiger partial charge >= 0.3 is 6.01 Å². The number of hydrogen-bond donors (Lipinski definition) is 0. The highest BCUT2D eigenvalue weighted by atomic mass is 35.5. The third-order valence-corrected chi connectivity index (χ3v) is 3.22. The number of halogens is 1. The summed E-state index contributed by atoms with van der Waals surface area (Å²) in [5, 5.41) is 0. The summed E-state index contributed by atoms with van der Waals surface area (Å²) in [4.78, 5) is 8.41. The van der Waals surface area contributed by atoms with Crippen molar-refractivity contribution in [3.8, 4) is 6.01 Å². The highest BCUT2D eigenvalue weighted by Gasteiger charge is 2.02. The summed E-state index contributed by atoms with van der Waals surface area (Å²) in [7, 11) is 0. The van der Waals surface area contributed by atoms with Gasteiger partial charge in [-0.3, -0.25) is 0 Å².